The summed E-state index contributed by atoms with van der Waals surface area (Å²) in [4.78, 5) is 12.4. The molecule has 0 spiro atoms. The van der Waals surface area contributed by atoms with E-state index in [1.165, 1.54) is 18.6 Å². The van der Waals surface area contributed by atoms with Crippen LogP contribution in [-0.2, 0) is 14.8 Å². The Kier molecular flexibility index (Phi) is 7.26. The molecule has 162 valence electrons. The lowest BCUT2D eigenvalue weighted by molar-refractivity contribution is -0.128. The van der Waals surface area contributed by atoms with E-state index >= 15 is 0 Å². The highest BCUT2D eigenvalue weighted by atomic mass is 35.5. The summed E-state index contributed by atoms with van der Waals surface area (Å²) in [5.74, 6) is 0.274. The molecule has 2 aromatic carbocycles. The van der Waals surface area contributed by atoms with E-state index in [0.29, 0.717) is 16.5 Å². The zero-order chi connectivity index (χ0) is 21.7. The van der Waals surface area contributed by atoms with Gasteiger partial charge >= 0.3 is 0 Å². The highest BCUT2D eigenvalue weighted by Crippen LogP contribution is 2.25. The maximum Gasteiger partial charge on any atom is 0.261 e. The molecular formula is C22H27ClN2O4S. The maximum absolute atomic E-state index is 12.7. The third kappa shape index (κ3) is 5.89. The number of halogens is 1. The van der Waals surface area contributed by atoms with Crippen molar-refractivity contribution < 1.29 is 17.9 Å². The van der Waals surface area contributed by atoms with E-state index in [0.717, 1.165) is 31.2 Å². The van der Waals surface area contributed by atoms with E-state index in [2.05, 4.69) is 10.0 Å². The Bertz CT molecular complexity index is 987. The van der Waals surface area contributed by atoms with Crippen LogP contribution in [-0.4, -0.2) is 26.5 Å². The molecule has 30 heavy (non-hydrogen) atoms. The molecule has 1 saturated carbocycles. The minimum Gasteiger partial charge on any atom is -0.481 e. The molecule has 1 amide bonds. The normalized spacial score (nSPS) is 16.0. The number of hydrogen-bond donors (Lipinski definition) is 2. The predicted octanol–water partition coefficient (Wildman–Crippen LogP) is 4.67. The van der Waals surface area contributed by atoms with E-state index in [1.54, 1.807) is 44.2 Å². The average molecular weight is 451 g/mol. The Morgan fingerprint density at radius 2 is 1.77 bits per heavy atom. The average Bonchev–Trinajstić information content (AvgIpc) is 2.71. The standard InChI is InChI=1S/C22H27ClN2O4S/c1-15-8-9-17(23)14-21(15)25-30(27,28)20-12-10-19(11-13-20)29-16(2)22(26)24-18-6-4-3-5-7-18/h8-14,16,18,25H,3-7H2,1-2H3,(H,24,26)/t16-/m0/s1. The fraction of sp³-hybridized carbons (Fsp3) is 0.409. The molecule has 1 atom stereocenters. The van der Waals surface area contributed by atoms with Crippen LogP contribution in [0.4, 0.5) is 5.69 Å². The second-order valence-corrected chi connectivity index (χ2v) is 9.76. The van der Waals surface area contributed by atoms with Crippen LogP contribution in [0.15, 0.2) is 47.4 Å². The number of carbonyl (C=O) groups is 1. The smallest absolute Gasteiger partial charge is 0.261 e. The van der Waals surface area contributed by atoms with Crippen LogP contribution in [0.2, 0.25) is 5.02 Å². The molecule has 0 unspecified atom stereocenters. The zero-order valence-electron chi connectivity index (χ0n) is 17.2. The van der Waals surface area contributed by atoms with Gasteiger partial charge in [0, 0.05) is 11.1 Å². The molecule has 1 aliphatic rings. The summed E-state index contributed by atoms with van der Waals surface area (Å²) in [5, 5.41) is 3.48. The van der Waals surface area contributed by atoms with Crippen LogP contribution in [0.1, 0.15) is 44.6 Å². The van der Waals surface area contributed by atoms with Crippen LogP contribution in [0.5, 0.6) is 5.75 Å². The molecule has 0 bridgehead atoms. The van der Waals surface area contributed by atoms with E-state index in [4.69, 9.17) is 16.3 Å². The monoisotopic (exact) mass is 450 g/mol. The quantitative estimate of drug-likeness (QED) is 0.642. The summed E-state index contributed by atoms with van der Waals surface area (Å²) in [6.45, 7) is 3.48. The summed E-state index contributed by atoms with van der Waals surface area (Å²) >= 11 is 5.96. The molecule has 0 heterocycles. The lowest BCUT2D eigenvalue weighted by Gasteiger charge is -2.24. The van der Waals surface area contributed by atoms with Crippen molar-refractivity contribution in [2.45, 2.75) is 63.0 Å². The summed E-state index contributed by atoms with van der Waals surface area (Å²) < 4.78 is 33.6. The van der Waals surface area contributed by atoms with Crippen molar-refractivity contribution in [2.24, 2.45) is 0 Å². The molecule has 6 nitrogen and oxygen atoms in total. The van der Waals surface area contributed by atoms with Crippen LogP contribution < -0.4 is 14.8 Å². The Morgan fingerprint density at radius 3 is 2.43 bits per heavy atom. The molecule has 0 radical (unpaired) electrons. The third-order valence-electron chi connectivity index (χ3n) is 5.21. The largest absolute Gasteiger partial charge is 0.481 e. The number of amides is 1. The van der Waals surface area contributed by atoms with E-state index < -0.39 is 16.1 Å². The number of carbonyl (C=O) groups excluding carboxylic acids is 1. The molecule has 2 aromatic rings. The molecule has 3 rings (SSSR count). The Hall–Kier alpha value is -2.25. The number of sulfonamides is 1. The minimum atomic E-state index is -3.78. The van der Waals surface area contributed by atoms with Crippen LogP contribution in [0.3, 0.4) is 0 Å². The summed E-state index contributed by atoms with van der Waals surface area (Å²) in [7, 11) is -3.78. The van der Waals surface area contributed by atoms with Gasteiger partial charge in [-0.05, 0) is 68.7 Å². The van der Waals surface area contributed by atoms with Gasteiger partial charge in [-0.3, -0.25) is 9.52 Å². The van der Waals surface area contributed by atoms with Gasteiger partial charge in [-0.1, -0.05) is 36.9 Å². The van der Waals surface area contributed by atoms with Crippen LogP contribution in [0.25, 0.3) is 0 Å². The number of ether oxygens (including phenoxy) is 1. The number of anilines is 1. The van der Waals surface area contributed by atoms with Gasteiger partial charge in [0.05, 0.1) is 10.6 Å². The SMILES string of the molecule is Cc1ccc(Cl)cc1NS(=O)(=O)c1ccc(O[C@@H](C)C(=O)NC2CCCCC2)cc1. The molecule has 2 N–H and O–H groups in total. The first-order chi connectivity index (χ1) is 14.2. The Morgan fingerprint density at radius 1 is 1.10 bits per heavy atom. The summed E-state index contributed by atoms with van der Waals surface area (Å²) in [5.41, 5.74) is 1.19. The number of nitrogens with one attached hydrogen (secondary N) is 2. The van der Waals surface area contributed by atoms with Gasteiger partial charge < -0.3 is 10.1 Å². The van der Waals surface area contributed by atoms with E-state index in [-0.39, 0.29) is 16.8 Å². The van der Waals surface area contributed by atoms with Crippen molar-refractivity contribution >= 4 is 33.2 Å². The van der Waals surface area contributed by atoms with Gasteiger partial charge in [-0.25, -0.2) is 8.42 Å². The van der Waals surface area contributed by atoms with Gasteiger partial charge in [0.25, 0.3) is 15.9 Å². The maximum atomic E-state index is 12.7. The third-order valence-corrected chi connectivity index (χ3v) is 6.83. The first kappa shape index (κ1) is 22.4. The van der Waals surface area contributed by atoms with Crippen molar-refractivity contribution in [3.63, 3.8) is 0 Å². The first-order valence-electron chi connectivity index (χ1n) is 10.1. The highest BCUT2D eigenvalue weighted by Gasteiger charge is 2.21. The Balaban J connectivity index is 1.62. The number of aryl methyl sites for hydroxylation is 1. The lowest BCUT2D eigenvalue weighted by atomic mass is 9.95. The summed E-state index contributed by atoms with van der Waals surface area (Å²) in [6, 6.07) is 11.2. The van der Waals surface area contributed by atoms with Crippen molar-refractivity contribution in [3.05, 3.63) is 53.1 Å². The lowest BCUT2D eigenvalue weighted by Crippen LogP contribution is -2.43. The molecular weight excluding hydrogens is 424 g/mol. The number of hydrogen-bond acceptors (Lipinski definition) is 4. The van der Waals surface area contributed by atoms with Crippen molar-refractivity contribution in [2.75, 3.05) is 4.72 Å². The molecule has 0 aromatic heterocycles. The van der Waals surface area contributed by atoms with Gasteiger partial charge in [-0.2, -0.15) is 0 Å². The molecule has 0 aliphatic heterocycles. The predicted molar refractivity (Wildman–Crippen MR) is 119 cm³/mol. The molecule has 8 heteroatoms. The topological polar surface area (TPSA) is 84.5 Å². The van der Waals surface area contributed by atoms with E-state index in [1.807, 2.05) is 0 Å². The van der Waals surface area contributed by atoms with Gasteiger partial charge in [0.2, 0.25) is 0 Å². The zero-order valence-corrected chi connectivity index (χ0v) is 18.7. The van der Waals surface area contributed by atoms with Crippen molar-refractivity contribution in [3.8, 4) is 5.75 Å². The second kappa shape index (κ2) is 9.71. The summed E-state index contributed by atoms with van der Waals surface area (Å²) in [6.07, 6.45) is 4.84. The van der Waals surface area contributed by atoms with Crippen molar-refractivity contribution in [1.29, 1.82) is 0 Å². The fourth-order valence-corrected chi connectivity index (χ4v) is 4.72. The molecule has 1 fully saturated rings. The molecule has 1 aliphatic carbocycles. The fourth-order valence-electron chi connectivity index (χ4n) is 3.43. The second-order valence-electron chi connectivity index (χ2n) is 7.64. The Labute approximate surface area is 183 Å². The highest BCUT2D eigenvalue weighted by molar-refractivity contribution is 7.92. The number of benzene rings is 2. The van der Waals surface area contributed by atoms with Gasteiger partial charge in [0.1, 0.15) is 5.75 Å². The molecule has 0 saturated heterocycles. The van der Waals surface area contributed by atoms with Crippen molar-refractivity contribution in [1.82, 2.24) is 5.32 Å². The van der Waals surface area contributed by atoms with Crippen LogP contribution in [0, 0.1) is 6.92 Å². The van der Waals surface area contributed by atoms with Crippen LogP contribution >= 0.6 is 11.6 Å². The minimum absolute atomic E-state index is 0.0912. The number of rotatable bonds is 7. The van der Waals surface area contributed by atoms with Gasteiger partial charge in [0.15, 0.2) is 6.10 Å². The van der Waals surface area contributed by atoms with Gasteiger partial charge in [-0.15, -0.1) is 0 Å². The van der Waals surface area contributed by atoms with E-state index in [9.17, 15) is 13.2 Å². The first-order valence-corrected chi connectivity index (χ1v) is 12.0.